The second kappa shape index (κ2) is 45.3. The number of aliphatic hydroxyl groups excluding tert-OH is 11. The zero-order valence-corrected chi connectivity index (χ0v) is 49.5. The van der Waals surface area contributed by atoms with Crippen molar-refractivity contribution in [2.24, 2.45) is 0 Å². The average molecular weight is 1160 g/mol. The lowest BCUT2D eigenvalue weighted by molar-refractivity contribution is -0.379. The van der Waals surface area contributed by atoms with Gasteiger partial charge in [0, 0.05) is 6.42 Å². The van der Waals surface area contributed by atoms with E-state index < -0.39 is 124 Å². The lowest BCUT2D eigenvalue weighted by Gasteiger charge is -2.48. The van der Waals surface area contributed by atoms with Gasteiger partial charge in [0.2, 0.25) is 5.91 Å². The standard InChI is InChI=1S/C62H113NO18/c1-3-5-7-9-11-13-15-16-17-18-19-20-21-22-23-24-25-26-27-28-30-32-34-36-38-40-50(68)63-45(46(67)39-37-35-33-31-29-14-12-10-8-6-4-2)44-76-60-56(74)53(71)58(48(42-65)78-60)81-62-57(75)54(72)59(49(43-66)79-62)80-61-55(73)52(70)51(69)47(41-64)77-61/h18-19,29,31,37,39,45-49,51-62,64-67,69-75H,3-17,20-28,30,32-36,38,40-44H2,1-2H3,(H,63,68)/b19-18-,31-29+,39-37+. The van der Waals surface area contributed by atoms with Crippen molar-refractivity contribution in [3.05, 3.63) is 36.5 Å². The molecule has 0 bridgehead atoms. The van der Waals surface area contributed by atoms with Gasteiger partial charge in [-0.05, 0) is 57.8 Å². The summed E-state index contributed by atoms with van der Waals surface area (Å²) in [4.78, 5) is 13.3. The van der Waals surface area contributed by atoms with Crippen LogP contribution in [0.2, 0.25) is 0 Å². The van der Waals surface area contributed by atoms with Crippen molar-refractivity contribution in [2.45, 2.75) is 324 Å². The van der Waals surface area contributed by atoms with E-state index in [1.54, 1.807) is 6.08 Å². The van der Waals surface area contributed by atoms with E-state index in [0.29, 0.717) is 12.8 Å². The van der Waals surface area contributed by atoms with E-state index in [1.807, 2.05) is 6.08 Å². The van der Waals surface area contributed by atoms with Gasteiger partial charge in [0.25, 0.3) is 0 Å². The maximum absolute atomic E-state index is 13.3. The Balaban J connectivity index is 1.43. The Kier molecular flexibility index (Phi) is 41.0. The SMILES string of the molecule is CCCCCCC/C=C/CC/C=C/C(O)C(COC1OC(CO)C(OC2OC(CO)C(OC3OC(CO)C(O)C(O)C3O)C(O)C2O)C(O)C1O)NC(=O)CCCCCCCCCCCCCCC/C=C\CCCCCCCCCC. The molecule has 3 aliphatic heterocycles. The molecule has 474 valence electrons. The van der Waals surface area contributed by atoms with E-state index in [2.05, 4.69) is 43.5 Å². The van der Waals surface area contributed by atoms with E-state index in [4.69, 9.17) is 28.4 Å². The van der Waals surface area contributed by atoms with Gasteiger partial charge in [0.05, 0.1) is 38.6 Å². The summed E-state index contributed by atoms with van der Waals surface area (Å²) in [6.45, 7) is 1.67. The fraction of sp³-hybridized carbons (Fsp3) is 0.887. The highest BCUT2D eigenvalue weighted by molar-refractivity contribution is 5.76. The van der Waals surface area contributed by atoms with Crippen molar-refractivity contribution in [1.82, 2.24) is 5.32 Å². The molecule has 3 aliphatic rings. The molecule has 3 fully saturated rings. The Hall–Kier alpha value is -1.99. The molecule has 0 aromatic heterocycles. The number of carbonyl (C=O) groups excluding carboxylic acids is 1. The fourth-order valence-corrected chi connectivity index (χ4v) is 10.7. The first-order valence-electron chi connectivity index (χ1n) is 31.7. The van der Waals surface area contributed by atoms with E-state index >= 15 is 0 Å². The molecule has 0 aliphatic carbocycles. The minimum Gasteiger partial charge on any atom is -0.394 e. The van der Waals surface area contributed by atoms with Gasteiger partial charge < -0.3 is 89.9 Å². The Morgan fingerprint density at radius 3 is 1.23 bits per heavy atom. The highest BCUT2D eigenvalue weighted by Crippen LogP contribution is 2.33. The van der Waals surface area contributed by atoms with Gasteiger partial charge in [-0.15, -0.1) is 0 Å². The smallest absolute Gasteiger partial charge is 0.220 e. The zero-order chi connectivity index (χ0) is 59.0. The molecule has 17 atom stereocenters. The minimum atomic E-state index is -1.98. The molecule has 0 saturated carbocycles. The van der Waals surface area contributed by atoms with Gasteiger partial charge in [0.1, 0.15) is 73.2 Å². The van der Waals surface area contributed by atoms with E-state index in [-0.39, 0.29) is 18.9 Å². The number of carbonyl (C=O) groups is 1. The molecular weight excluding hydrogens is 1050 g/mol. The summed E-state index contributed by atoms with van der Waals surface area (Å²) in [7, 11) is 0. The Morgan fingerprint density at radius 1 is 0.432 bits per heavy atom. The predicted octanol–water partition coefficient (Wildman–Crippen LogP) is 6.49. The van der Waals surface area contributed by atoms with Crippen LogP contribution in [0.15, 0.2) is 36.5 Å². The number of nitrogens with one attached hydrogen (secondary N) is 1. The number of hydrogen-bond acceptors (Lipinski definition) is 18. The molecule has 19 heteroatoms. The minimum absolute atomic E-state index is 0.236. The average Bonchev–Trinajstić information content (AvgIpc) is 3.57. The van der Waals surface area contributed by atoms with Gasteiger partial charge in [-0.25, -0.2) is 0 Å². The fourth-order valence-electron chi connectivity index (χ4n) is 10.7. The second-order valence-corrected chi connectivity index (χ2v) is 22.9. The topological polar surface area (TPSA) is 307 Å². The molecule has 0 radical (unpaired) electrons. The van der Waals surface area contributed by atoms with E-state index in [0.717, 1.165) is 38.5 Å². The summed E-state index contributed by atoms with van der Waals surface area (Å²) in [5.74, 6) is -0.287. The summed E-state index contributed by atoms with van der Waals surface area (Å²) in [6, 6.07) is -0.987. The number of rotatable bonds is 47. The summed E-state index contributed by atoms with van der Waals surface area (Å²) in [5, 5.41) is 120. The van der Waals surface area contributed by atoms with E-state index in [1.165, 1.54) is 148 Å². The first kappa shape index (κ1) is 73.3. The van der Waals surface area contributed by atoms with Crippen LogP contribution < -0.4 is 5.32 Å². The van der Waals surface area contributed by atoms with Crippen LogP contribution in [0, 0.1) is 0 Å². The van der Waals surface area contributed by atoms with Gasteiger partial charge in [-0.2, -0.15) is 0 Å². The Bertz CT molecular complexity index is 1620. The quantitative estimate of drug-likeness (QED) is 0.0229. The van der Waals surface area contributed by atoms with Crippen LogP contribution in [0.3, 0.4) is 0 Å². The second-order valence-electron chi connectivity index (χ2n) is 22.9. The summed E-state index contributed by atoms with van der Waals surface area (Å²) < 4.78 is 34.2. The molecule has 3 saturated heterocycles. The van der Waals surface area contributed by atoms with Crippen molar-refractivity contribution in [3.63, 3.8) is 0 Å². The molecule has 19 nitrogen and oxygen atoms in total. The largest absolute Gasteiger partial charge is 0.394 e. The van der Waals surface area contributed by atoms with Crippen molar-refractivity contribution in [2.75, 3.05) is 26.4 Å². The molecule has 1 amide bonds. The van der Waals surface area contributed by atoms with Gasteiger partial charge in [-0.1, -0.05) is 192 Å². The molecular formula is C62H113NO18. The number of ether oxygens (including phenoxy) is 6. The molecule has 81 heavy (non-hydrogen) atoms. The lowest BCUT2D eigenvalue weighted by atomic mass is 9.96. The van der Waals surface area contributed by atoms with E-state index in [9.17, 15) is 61.0 Å². The van der Waals surface area contributed by atoms with Crippen LogP contribution in [0.25, 0.3) is 0 Å². The summed E-state index contributed by atoms with van der Waals surface area (Å²) >= 11 is 0. The first-order valence-corrected chi connectivity index (χ1v) is 31.7. The number of unbranched alkanes of at least 4 members (excludes halogenated alkanes) is 27. The normalized spacial score (nSPS) is 30.0. The highest BCUT2D eigenvalue weighted by Gasteiger charge is 2.53. The molecule has 0 aromatic carbocycles. The lowest BCUT2D eigenvalue weighted by Crippen LogP contribution is -2.66. The van der Waals surface area contributed by atoms with Crippen LogP contribution in [-0.2, 0) is 33.2 Å². The number of aliphatic hydroxyl groups is 11. The van der Waals surface area contributed by atoms with Crippen molar-refractivity contribution < 1.29 is 89.4 Å². The summed E-state index contributed by atoms with van der Waals surface area (Å²) in [5.41, 5.74) is 0. The number of hydrogen-bond donors (Lipinski definition) is 12. The molecule has 3 heterocycles. The Morgan fingerprint density at radius 2 is 0.790 bits per heavy atom. The molecule has 0 aromatic rings. The van der Waals surface area contributed by atoms with Crippen molar-refractivity contribution in [3.8, 4) is 0 Å². The first-order chi connectivity index (χ1) is 39.3. The monoisotopic (exact) mass is 1160 g/mol. The molecule has 17 unspecified atom stereocenters. The number of amides is 1. The van der Waals surface area contributed by atoms with Crippen molar-refractivity contribution in [1.29, 1.82) is 0 Å². The Labute approximate surface area is 485 Å². The molecule has 0 spiro atoms. The summed E-state index contributed by atoms with van der Waals surface area (Å²) in [6.07, 6.45) is 22.9. The third kappa shape index (κ3) is 28.8. The van der Waals surface area contributed by atoms with Crippen LogP contribution in [0.1, 0.15) is 219 Å². The van der Waals surface area contributed by atoms with Crippen LogP contribution in [0.4, 0.5) is 0 Å². The van der Waals surface area contributed by atoms with Crippen LogP contribution >= 0.6 is 0 Å². The van der Waals surface area contributed by atoms with Gasteiger partial charge in [0.15, 0.2) is 18.9 Å². The molecule has 3 rings (SSSR count). The maximum Gasteiger partial charge on any atom is 0.220 e. The van der Waals surface area contributed by atoms with Crippen molar-refractivity contribution >= 4 is 5.91 Å². The molecule has 12 N–H and O–H groups in total. The number of allylic oxidation sites excluding steroid dienone is 5. The van der Waals surface area contributed by atoms with Gasteiger partial charge in [-0.3, -0.25) is 4.79 Å². The predicted molar refractivity (Wildman–Crippen MR) is 309 cm³/mol. The van der Waals surface area contributed by atoms with Crippen LogP contribution in [-0.4, -0.2) is 193 Å². The van der Waals surface area contributed by atoms with Crippen LogP contribution in [0.5, 0.6) is 0 Å². The third-order valence-electron chi connectivity index (χ3n) is 15.9. The maximum atomic E-state index is 13.3. The third-order valence-corrected chi connectivity index (χ3v) is 15.9. The zero-order valence-electron chi connectivity index (χ0n) is 49.5. The van der Waals surface area contributed by atoms with Gasteiger partial charge >= 0.3 is 0 Å². The highest BCUT2D eigenvalue weighted by atomic mass is 16.8.